The van der Waals surface area contributed by atoms with Gasteiger partial charge in [-0.3, -0.25) is 0 Å². The topological polar surface area (TPSA) is 20.2 Å². The van der Waals surface area contributed by atoms with Crippen LogP contribution in [0.2, 0.25) is 5.02 Å². The van der Waals surface area contributed by atoms with Crippen LogP contribution in [0.1, 0.15) is 24.5 Å². The van der Waals surface area contributed by atoms with E-state index in [-0.39, 0.29) is 4.75 Å². The molecule has 0 heterocycles. The maximum atomic E-state index is 10.2. The molecule has 1 aliphatic carbocycles. The molecule has 0 amide bonds. The quantitative estimate of drug-likeness (QED) is 0.857. The highest BCUT2D eigenvalue weighted by Gasteiger charge is 2.49. The van der Waals surface area contributed by atoms with Gasteiger partial charge in [-0.1, -0.05) is 29.8 Å². The highest BCUT2D eigenvalue weighted by Crippen LogP contribution is 2.56. The molecule has 76 valence electrons. The smallest absolute Gasteiger partial charge is 0.0950 e. The summed E-state index contributed by atoms with van der Waals surface area (Å²) in [6.45, 7) is 0. The third-order valence-electron chi connectivity index (χ3n) is 2.85. The van der Waals surface area contributed by atoms with Gasteiger partial charge in [0.2, 0.25) is 0 Å². The van der Waals surface area contributed by atoms with Crippen molar-refractivity contribution in [1.82, 2.24) is 0 Å². The van der Waals surface area contributed by atoms with Gasteiger partial charge in [0.05, 0.1) is 6.10 Å². The van der Waals surface area contributed by atoms with Crippen LogP contribution in [-0.4, -0.2) is 16.1 Å². The Morgan fingerprint density at radius 1 is 1.43 bits per heavy atom. The zero-order valence-corrected chi connectivity index (χ0v) is 9.61. The molecule has 1 saturated carbocycles. The zero-order chi connectivity index (χ0) is 10.2. The fourth-order valence-electron chi connectivity index (χ4n) is 1.69. The van der Waals surface area contributed by atoms with Gasteiger partial charge >= 0.3 is 0 Å². The molecule has 3 heteroatoms. The minimum absolute atomic E-state index is 0.0327. The number of thioether (sulfide) groups is 1. The SMILES string of the molecule is CSC1(C(O)c2ccccc2Cl)CC1. The van der Waals surface area contributed by atoms with E-state index in [1.165, 1.54) is 0 Å². The van der Waals surface area contributed by atoms with E-state index in [0.29, 0.717) is 5.02 Å². The summed E-state index contributed by atoms with van der Waals surface area (Å²) in [7, 11) is 0. The van der Waals surface area contributed by atoms with Gasteiger partial charge in [-0.2, -0.15) is 11.8 Å². The van der Waals surface area contributed by atoms with Crippen LogP contribution in [0.5, 0.6) is 0 Å². The number of halogens is 1. The van der Waals surface area contributed by atoms with E-state index in [1.807, 2.05) is 30.5 Å². The summed E-state index contributed by atoms with van der Waals surface area (Å²) in [6.07, 6.45) is 3.79. The fourth-order valence-corrected chi connectivity index (χ4v) is 2.79. The number of benzene rings is 1. The van der Waals surface area contributed by atoms with Crippen LogP contribution in [0.4, 0.5) is 0 Å². The molecule has 2 rings (SSSR count). The normalized spacial score (nSPS) is 20.5. The molecule has 1 aliphatic rings. The first-order valence-corrected chi connectivity index (χ1v) is 6.27. The highest BCUT2D eigenvalue weighted by atomic mass is 35.5. The molecule has 0 radical (unpaired) electrons. The first-order valence-electron chi connectivity index (χ1n) is 4.67. The van der Waals surface area contributed by atoms with E-state index in [9.17, 15) is 5.11 Å². The lowest BCUT2D eigenvalue weighted by Gasteiger charge is -2.21. The van der Waals surface area contributed by atoms with Crippen molar-refractivity contribution in [3.05, 3.63) is 34.9 Å². The second-order valence-corrected chi connectivity index (χ2v) is 5.32. The van der Waals surface area contributed by atoms with Gasteiger partial charge in [-0.15, -0.1) is 0 Å². The Morgan fingerprint density at radius 3 is 2.57 bits per heavy atom. The number of hydrogen-bond acceptors (Lipinski definition) is 2. The van der Waals surface area contributed by atoms with Crippen molar-refractivity contribution < 1.29 is 5.11 Å². The van der Waals surface area contributed by atoms with Crippen LogP contribution in [0.3, 0.4) is 0 Å². The molecule has 1 nitrogen and oxygen atoms in total. The Hall–Kier alpha value is -0.180. The molecule has 0 aliphatic heterocycles. The molecular weight excluding hydrogens is 216 g/mol. The van der Waals surface area contributed by atoms with Crippen LogP contribution >= 0.6 is 23.4 Å². The summed E-state index contributed by atoms with van der Waals surface area (Å²) < 4.78 is 0.0327. The second-order valence-electron chi connectivity index (χ2n) is 3.69. The third-order valence-corrected chi connectivity index (χ3v) is 4.64. The maximum absolute atomic E-state index is 10.2. The molecule has 1 atom stereocenters. The van der Waals surface area contributed by atoms with E-state index >= 15 is 0 Å². The molecular formula is C11H13ClOS. The van der Waals surface area contributed by atoms with Gasteiger partial charge in [0, 0.05) is 15.3 Å². The molecule has 1 aromatic rings. The van der Waals surface area contributed by atoms with Gasteiger partial charge in [0.15, 0.2) is 0 Å². The van der Waals surface area contributed by atoms with Crippen molar-refractivity contribution in [2.75, 3.05) is 6.26 Å². The average molecular weight is 229 g/mol. The Morgan fingerprint density at radius 2 is 2.07 bits per heavy atom. The molecule has 0 aromatic heterocycles. The van der Waals surface area contributed by atoms with Crippen LogP contribution in [0.15, 0.2) is 24.3 Å². The Bertz CT molecular complexity index is 336. The van der Waals surface area contributed by atoms with Crippen molar-refractivity contribution in [2.45, 2.75) is 23.7 Å². The summed E-state index contributed by atoms with van der Waals surface area (Å²) in [5, 5.41) is 10.9. The minimum atomic E-state index is -0.425. The summed E-state index contributed by atoms with van der Waals surface area (Å²) in [5.74, 6) is 0. The van der Waals surface area contributed by atoms with Gasteiger partial charge in [0.25, 0.3) is 0 Å². The number of rotatable bonds is 3. The van der Waals surface area contributed by atoms with Crippen molar-refractivity contribution in [3.63, 3.8) is 0 Å². The summed E-state index contributed by atoms with van der Waals surface area (Å²) in [4.78, 5) is 0. The lowest BCUT2D eigenvalue weighted by molar-refractivity contribution is 0.167. The van der Waals surface area contributed by atoms with Gasteiger partial charge < -0.3 is 5.11 Å². The van der Waals surface area contributed by atoms with Crippen LogP contribution < -0.4 is 0 Å². The summed E-state index contributed by atoms with van der Waals surface area (Å²) in [6, 6.07) is 7.54. The molecule has 14 heavy (non-hydrogen) atoms. The minimum Gasteiger partial charge on any atom is -0.387 e. The van der Waals surface area contributed by atoms with Crippen molar-refractivity contribution in [2.24, 2.45) is 0 Å². The third kappa shape index (κ3) is 1.67. The molecule has 0 saturated heterocycles. The standard InChI is InChI=1S/C11H13ClOS/c1-14-11(6-7-11)10(13)8-4-2-3-5-9(8)12/h2-5,10,13H,6-7H2,1H3. The van der Waals surface area contributed by atoms with Gasteiger partial charge in [0.1, 0.15) is 0 Å². The average Bonchev–Trinajstić information content (AvgIpc) is 2.98. The fraction of sp³-hybridized carbons (Fsp3) is 0.455. The number of aliphatic hydroxyl groups is 1. The lowest BCUT2D eigenvalue weighted by atomic mass is 10.1. The largest absolute Gasteiger partial charge is 0.387 e. The monoisotopic (exact) mass is 228 g/mol. The number of hydrogen-bond donors (Lipinski definition) is 1. The predicted octanol–water partition coefficient (Wildman–Crippen LogP) is 3.27. The first kappa shape index (κ1) is 10.3. The predicted molar refractivity (Wildman–Crippen MR) is 61.9 cm³/mol. The highest BCUT2D eigenvalue weighted by molar-refractivity contribution is 8.00. The lowest BCUT2D eigenvalue weighted by Crippen LogP contribution is -2.16. The molecule has 1 unspecified atom stereocenters. The summed E-state index contributed by atoms with van der Waals surface area (Å²) in [5.41, 5.74) is 0.862. The zero-order valence-electron chi connectivity index (χ0n) is 8.03. The Balaban J connectivity index is 2.27. The van der Waals surface area contributed by atoms with Crippen LogP contribution in [0.25, 0.3) is 0 Å². The van der Waals surface area contributed by atoms with E-state index in [4.69, 9.17) is 11.6 Å². The van der Waals surface area contributed by atoms with Crippen molar-refractivity contribution in [1.29, 1.82) is 0 Å². The van der Waals surface area contributed by atoms with E-state index in [0.717, 1.165) is 18.4 Å². The number of aliphatic hydroxyl groups excluding tert-OH is 1. The van der Waals surface area contributed by atoms with Gasteiger partial charge in [-0.25, -0.2) is 0 Å². The van der Waals surface area contributed by atoms with Crippen LogP contribution in [-0.2, 0) is 0 Å². The maximum Gasteiger partial charge on any atom is 0.0950 e. The Labute approximate surface area is 93.5 Å². The first-order chi connectivity index (χ1) is 6.69. The second kappa shape index (κ2) is 3.76. The summed E-state index contributed by atoms with van der Waals surface area (Å²) >= 11 is 7.78. The van der Waals surface area contributed by atoms with E-state index in [2.05, 4.69) is 0 Å². The molecule has 1 aromatic carbocycles. The van der Waals surface area contributed by atoms with Crippen molar-refractivity contribution in [3.8, 4) is 0 Å². The molecule has 0 spiro atoms. The van der Waals surface area contributed by atoms with Crippen molar-refractivity contribution >= 4 is 23.4 Å². The molecule has 1 N–H and O–H groups in total. The van der Waals surface area contributed by atoms with E-state index < -0.39 is 6.10 Å². The molecule has 1 fully saturated rings. The molecule has 0 bridgehead atoms. The van der Waals surface area contributed by atoms with Gasteiger partial charge in [-0.05, 0) is 25.2 Å². The Kier molecular flexibility index (Phi) is 2.78. The van der Waals surface area contributed by atoms with E-state index in [1.54, 1.807) is 11.8 Å². The van der Waals surface area contributed by atoms with Crippen LogP contribution in [0, 0.1) is 0 Å².